The fourth-order valence-corrected chi connectivity index (χ4v) is 0.953. The van der Waals surface area contributed by atoms with E-state index in [-0.39, 0.29) is 5.91 Å². The predicted molar refractivity (Wildman–Crippen MR) is 53.0 cm³/mol. The maximum atomic E-state index is 11.6. The van der Waals surface area contributed by atoms with Gasteiger partial charge in [0.05, 0.1) is 17.7 Å². The highest BCUT2D eigenvalue weighted by molar-refractivity contribution is 5.94. The first-order chi connectivity index (χ1) is 6.96. The molecule has 15 heavy (non-hydrogen) atoms. The van der Waals surface area contributed by atoms with Gasteiger partial charge in [0.1, 0.15) is 11.3 Å². The molecular weight excluding hydrogens is 194 g/mol. The summed E-state index contributed by atoms with van der Waals surface area (Å²) in [5.41, 5.74) is -0.162. The van der Waals surface area contributed by atoms with E-state index in [0.29, 0.717) is 17.9 Å². The summed E-state index contributed by atoms with van der Waals surface area (Å²) in [6.07, 6.45) is 1.37. The maximum absolute atomic E-state index is 11.6. The van der Waals surface area contributed by atoms with Crippen LogP contribution in [-0.4, -0.2) is 17.6 Å². The Labute approximate surface area is 88.1 Å². The van der Waals surface area contributed by atoms with E-state index < -0.39 is 5.41 Å². The van der Waals surface area contributed by atoms with Crippen LogP contribution in [0.15, 0.2) is 10.7 Å². The number of nitriles is 1. The van der Waals surface area contributed by atoms with Gasteiger partial charge in [0.2, 0.25) is 0 Å². The van der Waals surface area contributed by atoms with Gasteiger partial charge in [-0.2, -0.15) is 5.26 Å². The van der Waals surface area contributed by atoms with Crippen molar-refractivity contribution in [1.29, 1.82) is 5.26 Å². The molecule has 0 saturated heterocycles. The Balaban J connectivity index is 2.59. The normalized spacial score (nSPS) is 10.8. The molecule has 1 aromatic heterocycles. The van der Waals surface area contributed by atoms with E-state index >= 15 is 0 Å². The van der Waals surface area contributed by atoms with E-state index in [1.807, 2.05) is 0 Å². The molecule has 1 amide bonds. The Morgan fingerprint density at radius 3 is 2.87 bits per heavy atom. The number of hydrogen-bond donors (Lipinski definition) is 1. The van der Waals surface area contributed by atoms with E-state index in [1.54, 1.807) is 20.8 Å². The van der Waals surface area contributed by atoms with Gasteiger partial charge < -0.3 is 9.84 Å². The lowest BCUT2D eigenvalue weighted by Crippen LogP contribution is -2.33. The van der Waals surface area contributed by atoms with Crippen LogP contribution in [0.1, 0.15) is 30.0 Å². The van der Waals surface area contributed by atoms with Crippen molar-refractivity contribution in [3.8, 4) is 6.07 Å². The SMILES string of the molecule is Cc1oncc1C(=O)NCC(C)(C)C#N. The average Bonchev–Trinajstić information content (AvgIpc) is 2.61. The quantitative estimate of drug-likeness (QED) is 0.809. The van der Waals surface area contributed by atoms with Crippen LogP contribution in [0, 0.1) is 23.7 Å². The van der Waals surface area contributed by atoms with Crippen molar-refractivity contribution >= 4 is 5.91 Å². The zero-order valence-corrected chi connectivity index (χ0v) is 9.00. The number of nitrogens with one attached hydrogen (secondary N) is 1. The Hall–Kier alpha value is -1.83. The van der Waals surface area contributed by atoms with Crippen LogP contribution >= 0.6 is 0 Å². The fraction of sp³-hybridized carbons (Fsp3) is 0.500. The van der Waals surface area contributed by atoms with Crippen molar-refractivity contribution in [2.24, 2.45) is 5.41 Å². The summed E-state index contributed by atoms with van der Waals surface area (Å²) in [7, 11) is 0. The van der Waals surface area contributed by atoms with Gasteiger partial charge in [-0.1, -0.05) is 5.16 Å². The van der Waals surface area contributed by atoms with E-state index in [1.165, 1.54) is 6.20 Å². The summed E-state index contributed by atoms with van der Waals surface area (Å²) < 4.78 is 4.77. The van der Waals surface area contributed by atoms with Crippen LogP contribution in [0.5, 0.6) is 0 Å². The second-order valence-electron chi connectivity index (χ2n) is 3.97. The van der Waals surface area contributed by atoms with Crippen molar-refractivity contribution in [3.63, 3.8) is 0 Å². The first-order valence-electron chi connectivity index (χ1n) is 4.57. The van der Waals surface area contributed by atoms with Crippen LogP contribution in [0.2, 0.25) is 0 Å². The maximum Gasteiger partial charge on any atom is 0.256 e. The molecule has 5 nitrogen and oxygen atoms in total. The van der Waals surface area contributed by atoms with Gasteiger partial charge in [0.25, 0.3) is 5.91 Å². The second kappa shape index (κ2) is 4.13. The molecule has 0 radical (unpaired) electrons. The minimum atomic E-state index is -0.569. The summed E-state index contributed by atoms with van der Waals surface area (Å²) in [5, 5.41) is 14.9. The van der Waals surface area contributed by atoms with Crippen molar-refractivity contribution < 1.29 is 9.32 Å². The Kier molecular flexibility index (Phi) is 3.10. The van der Waals surface area contributed by atoms with Crippen LogP contribution in [-0.2, 0) is 0 Å². The third kappa shape index (κ3) is 2.81. The van der Waals surface area contributed by atoms with Crippen molar-refractivity contribution in [2.75, 3.05) is 6.54 Å². The second-order valence-corrected chi connectivity index (χ2v) is 3.97. The number of aryl methyl sites for hydroxylation is 1. The van der Waals surface area contributed by atoms with Gasteiger partial charge in [0, 0.05) is 6.54 Å². The number of nitrogens with zero attached hydrogens (tertiary/aromatic N) is 2. The summed E-state index contributed by atoms with van der Waals surface area (Å²) in [6, 6.07) is 2.10. The van der Waals surface area contributed by atoms with Crippen molar-refractivity contribution in [3.05, 3.63) is 17.5 Å². The summed E-state index contributed by atoms with van der Waals surface area (Å²) in [6.45, 7) is 5.48. The topological polar surface area (TPSA) is 78.9 Å². The van der Waals surface area contributed by atoms with Crippen molar-refractivity contribution in [1.82, 2.24) is 10.5 Å². The van der Waals surface area contributed by atoms with Crippen LogP contribution in [0.25, 0.3) is 0 Å². The first kappa shape index (κ1) is 11.2. The molecule has 0 bridgehead atoms. The Morgan fingerprint density at radius 1 is 1.73 bits per heavy atom. The number of carbonyl (C=O) groups excluding carboxylic acids is 1. The van der Waals surface area contributed by atoms with Crippen LogP contribution < -0.4 is 5.32 Å². The third-order valence-electron chi connectivity index (χ3n) is 1.99. The molecule has 1 heterocycles. The van der Waals surface area contributed by atoms with Crippen LogP contribution in [0.3, 0.4) is 0 Å². The van der Waals surface area contributed by atoms with Gasteiger partial charge in [-0.15, -0.1) is 0 Å². The first-order valence-corrected chi connectivity index (χ1v) is 4.57. The average molecular weight is 207 g/mol. The van der Waals surface area contributed by atoms with E-state index in [9.17, 15) is 4.79 Å². The smallest absolute Gasteiger partial charge is 0.256 e. The molecule has 0 saturated carbocycles. The number of rotatable bonds is 3. The minimum absolute atomic E-state index is 0.267. The van der Waals surface area contributed by atoms with Gasteiger partial charge in [-0.05, 0) is 20.8 Å². The molecule has 80 valence electrons. The number of amides is 1. The molecule has 0 aromatic carbocycles. The van der Waals surface area contributed by atoms with Gasteiger partial charge in [-0.25, -0.2) is 0 Å². The van der Waals surface area contributed by atoms with E-state index in [0.717, 1.165) is 0 Å². The van der Waals surface area contributed by atoms with Gasteiger partial charge in [0.15, 0.2) is 0 Å². The molecule has 1 aromatic rings. The molecule has 5 heteroatoms. The minimum Gasteiger partial charge on any atom is -0.361 e. The molecule has 0 atom stereocenters. The lowest BCUT2D eigenvalue weighted by molar-refractivity contribution is 0.0942. The standard InChI is InChI=1S/C10H13N3O2/c1-7-8(4-13-15-7)9(14)12-6-10(2,3)5-11/h4H,6H2,1-3H3,(H,12,14). The monoisotopic (exact) mass is 207 g/mol. The molecule has 0 aliphatic heterocycles. The summed E-state index contributed by atoms with van der Waals surface area (Å²) in [4.78, 5) is 11.6. The highest BCUT2D eigenvalue weighted by atomic mass is 16.5. The molecule has 0 aliphatic rings. The third-order valence-corrected chi connectivity index (χ3v) is 1.99. The van der Waals surface area contributed by atoms with Crippen LogP contribution in [0.4, 0.5) is 0 Å². The predicted octanol–water partition coefficient (Wildman–Crippen LogP) is 1.26. The number of hydrogen-bond acceptors (Lipinski definition) is 4. The summed E-state index contributed by atoms with van der Waals surface area (Å²) >= 11 is 0. The zero-order valence-electron chi connectivity index (χ0n) is 9.00. The molecule has 1 N–H and O–H groups in total. The molecule has 0 aliphatic carbocycles. The molecule has 0 fully saturated rings. The number of carbonyl (C=O) groups is 1. The van der Waals surface area contributed by atoms with Gasteiger partial charge >= 0.3 is 0 Å². The zero-order chi connectivity index (χ0) is 11.5. The molecule has 1 rings (SSSR count). The van der Waals surface area contributed by atoms with Gasteiger partial charge in [-0.3, -0.25) is 4.79 Å². The molecular formula is C10H13N3O2. The fourth-order valence-electron chi connectivity index (χ4n) is 0.953. The lowest BCUT2D eigenvalue weighted by Gasteiger charge is -2.15. The highest BCUT2D eigenvalue weighted by Gasteiger charge is 2.19. The van der Waals surface area contributed by atoms with Crippen molar-refractivity contribution in [2.45, 2.75) is 20.8 Å². The molecule has 0 spiro atoms. The number of aromatic nitrogens is 1. The summed E-state index contributed by atoms with van der Waals surface area (Å²) in [5.74, 6) is 0.208. The van der Waals surface area contributed by atoms with E-state index in [4.69, 9.17) is 9.78 Å². The highest BCUT2D eigenvalue weighted by Crippen LogP contribution is 2.12. The largest absolute Gasteiger partial charge is 0.361 e. The van der Waals surface area contributed by atoms with E-state index in [2.05, 4.69) is 16.5 Å². The Morgan fingerprint density at radius 2 is 2.40 bits per heavy atom. The lowest BCUT2D eigenvalue weighted by atomic mass is 9.96. The Bertz CT molecular complexity index is 401. The molecule has 0 unspecified atom stereocenters.